The molecule has 0 atom stereocenters. The fourth-order valence-corrected chi connectivity index (χ4v) is 3.49. The van der Waals surface area contributed by atoms with Crippen LogP contribution in [-0.4, -0.2) is 42.2 Å². The first kappa shape index (κ1) is 17.4. The van der Waals surface area contributed by atoms with Gasteiger partial charge in [0.25, 0.3) is 0 Å². The maximum Gasteiger partial charge on any atom is 0.113 e. The molecule has 1 heterocycles. The lowest BCUT2D eigenvalue weighted by Gasteiger charge is -2.32. The van der Waals surface area contributed by atoms with Crippen molar-refractivity contribution < 1.29 is 4.74 Å². The summed E-state index contributed by atoms with van der Waals surface area (Å²) in [5.41, 5.74) is 1.05. The number of hydrogen-bond acceptors (Lipinski definition) is 4. The quantitative estimate of drug-likeness (QED) is 0.339. The van der Waals surface area contributed by atoms with E-state index in [1.54, 1.807) is 0 Å². The molecule has 0 aromatic carbocycles. The molecule has 4 nitrogen and oxygen atoms in total. The fraction of sp³-hybridized carbons (Fsp3) is 0.778. The van der Waals surface area contributed by atoms with Gasteiger partial charge in [0.05, 0.1) is 0 Å². The summed E-state index contributed by atoms with van der Waals surface area (Å²) in [7, 11) is 0. The van der Waals surface area contributed by atoms with Crippen LogP contribution >= 0.6 is 0 Å². The number of nitrogens with zero attached hydrogens (tertiary/aromatic N) is 2. The predicted molar refractivity (Wildman–Crippen MR) is 92.0 cm³/mol. The highest BCUT2D eigenvalue weighted by Gasteiger charge is 2.18. The first-order valence-electron chi connectivity index (χ1n) is 8.93. The SMILES string of the molecule is C=C(/C=C(/C)N(N)C1CCCCC1)OCCN1CCCCC1. The molecule has 1 aliphatic carbocycles. The van der Waals surface area contributed by atoms with Crippen LogP contribution in [-0.2, 0) is 4.74 Å². The van der Waals surface area contributed by atoms with Crippen LogP contribution in [0.5, 0.6) is 0 Å². The van der Waals surface area contributed by atoms with Crippen LogP contribution in [0.4, 0.5) is 0 Å². The first-order valence-corrected chi connectivity index (χ1v) is 8.93. The molecule has 1 saturated heterocycles. The summed E-state index contributed by atoms with van der Waals surface area (Å²) < 4.78 is 5.76. The van der Waals surface area contributed by atoms with Crippen molar-refractivity contribution in [1.82, 2.24) is 9.91 Å². The fourth-order valence-electron chi connectivity index (χ4n) is 3.49. The summed E-state index contributed by atoms with van der Waals surface area (Å²) in [6, 6.07) is 0.478. The molecule has 2 rings (SSSR count). The highest BCUT2D eigenvalue weighted by atomic mass is 16.5. The molecule has 4 heteroatoms. The molecular formula is C18H33N3O. The Kier molecular flexibility index (Phi) is 7.26. The van der Waals surface area contributed by atoms with E-state index in [2.05, 4.69) is 11.5 Å². The van der Waals surface area contributed by atoms with Crippen molar-refractivity contribution in [2.24, 2.45) is 5.84 Å². The van der Waals surface area contributed by atoms with Gasteiger partial charge in [0.2, 0.25) is 0 Å². The van der Waals surface area contributed by atoms with Crippen LogP contribution in [0.1, 0.15) is 58.3 Å². The summed E-state index contributed by atoms with van der Waals surface area (Å²) in [4.78, 5) is 2.48. The molecule has 0 bridgehead atoms. The Balaban J connectivity index is 1.69. The Labute approximate surface area is 135 Å². The van der Waals surface area contributed by atoms with Gasteiger partial charge in [0.15, 0.2) is 0 Å². The molecule has 2 fully saturated rings. The van der Waals surface area contributed by atoms with Crippen LogP contribution in [0.25, 0.3) is 0 Å². The molecule has 0 aromatic heterocycles. The second kappa shape index (κ2) is 9.21. The highest BCUT2D eigenvalue weighted by Crippen LogP contribution is 2.23. The number of rotatable bonds is 7. The molecule has 0 unspecified atom stereocenters. The average molecular weight is 307 g/mol. The van der Waals surface area contributed by atoms with Gasteiger partial charge in [-0.15, -0.1) is 0 Å². The van der Waals surface area contributed by atoms with Crippen LogP contribution in [0.15, 0.2) is 24.1 Å². The molecule has 126 valence electrons. The lowest BCUT2D eigenvalue weighted by Crippen LogP contribution is -2.40. The molecule has 0 aromatic rings. The summed E-state index contributed by atoms with van der Waals surface area (Å²) in [5, 5.41) is 1.92. The number of hydrogen-bond donors (Lipinski definition) is 1. The number of nitrogens with two attached hydrogens (primary N) is 1. The van der Waals surface area contributed by atoms with E-state index in [0.717, 1.165) is 24.6 Å². The van der Waals surface area contributed by atoms with Gasteiger partial charge in [0, 0.05) is 18.3 Å². The Morgan fingerprint density at radius 1 is 1.18 bits per heavy atom. The third-order valence-electron chi connectivity index (χ3n) is 4.89. The zero-order chi connectivity index (χ0) is 15.8. The standard InChI is InChI=1S/C18H33N3O/c1-16(21(19)18-9-5-3-6-10-18)15-17(2)22-14-13-20-11-7-4-8-12-20/h15,18H,2-14,19H2,1H3/b16-15-. The first-order chi connectivity index (χ1) is 10.7. The van der Waals surface area contributed by atoms with Crippen molar-refractivity contribution >= 4 is 0 Å². The maximum atomic E-state index is 6.25. The second-order valence-electron chi connectivity index (χ2n) is 6.70. The van der Waals surface area contributed by atoms with E-state index in [4.69, 9.17) is 10.6 Å². The number of likely N-dealkylation sites (tertiary alicyclic amines) is 1. The Morgan fingerprint density at radius 2 is 1.82 bits per heavy atom. The smallest absolute Gasteiger partial charge is 0.113 e. The van der Waals surface area contributed by atoms with Gasteiger partial charge in [-0.3, -0.25) is 4.90 Å². The monoisotopic (exact) mass is 307 g/mol. The van der Waals surface area contributed by atoms with E-state index in [0.29, 0.717) is 6.04 Å². The lowest BCUT2D eigenvalue weighted by molar-refractivity contribution is 0.148. The van der Waals surface area contributed by atoms with E-state index in [1.807, 2.05) is 18.0 Å². The van der Waals surface area contributed by atoms with Gasteiger partial charge in [-0.25, -0.2) is 5.84 Å². The van der Waals surface area contributed by atoms with E-state index >= 15 is 0 Å². The largest absolute Gasteiger partial charge is 0.493 e. The van der Waals surface area contributed by atoms with Crippen LogP contribution in [0.3, 0.4) is 0 Å². The molecule has 2 N–H and O–H groups in total. The van der Waals surface area contributed by atoms with Gasteiger partial charge in [-0.2, -0.15) is 0 Å². The second-order valence-corrected chi connectivity index (χ2v) is 6.70. The third kappa shape index (κ3) is 5.65. The van der Waals surface area contributed by atoms with E-state index in [9.17, 15) is 0 Å². The predicted octanol–water partition coefficient (Wildman–Crippen LogP) is 3.41. The van der Waals surface area contributed by atoms with Gasteiger partial charge in [0.1, 0.15) is 12.4 Å². The van der Waals surface area contributed by atoms with Crippen molar-refractivity contribution in [3.63, 3.8) is 0 Å². The van der Waals surface area contributed by atoms with Crippen molar-refractivity contribution in [2.45, 2.75) is 64.3 Å². The maximum absolute atomic E-state index is 6.25. The molecule has 0 spiro atoms. The number of hydrazine groups is 1. The van der Waals surface area contributed by atoms with Gasteiger partial charge < -0.3 is 9.75 Å². The Bertz CT molecular complexity index is 369. The molecule has 2 aliphatic rings. The molecule has 22 heavy (non-hydrogen) atoms. The van der Waals surface area contributed by atoms with Gasteiger partial charge >= 0.3 is 0 Å². The van der Waals surface area contributed by atoms with E-state index in [1.165, 1.54) is 64.5 Å². The third-order valence-corrected chi connectivity index (χ3v) is 4.89. The zero-order valence-electron chi connectivity index (χ0n) is 14.2. The number of allylic oxidation sites excluding steroid dienone is 2. The summed E-state index contributed by atoms with van der Waals surface area (Å²) in [6.07, 6.45) is 12.3. The highest BCUT2D eigenvalue weighted by molar-refractivity contribution is 5.13. The van der Waals surface area contributed by atoms with Crippen LogP contribution < -0.4 is 5.84 Å². The minimum Gasteiger partial charge on any atom is -0.493 e. The summed E-state index contributed by atoms with van der Waals surface area (Å²) in [6.45, 7) is 10.2. The minimum absolute atomic E-state index is 0.478. The number of ether oxygens (including phenoxy) is 1. The van der Waals surface area contributed by atoms with Crippen LogP contribution in [0, 0.1) is 0 Å². The van der Waals surface area contributed by atoms with E-state index < -0.39 is 0 Å². The molecular weight excluding hydrogens is 274 g/mol. The lowest BCUT2D eigenvalue weighted by atomic mass is 9.95. The molecule has 1 saturated carbocycles. The molecule has 0 radical (unpaired) electrons. The van der Waals surface area contributed by atoms with Gasteiger partial charge in [-0.05, 0) is 51.8 Å². The van der Waals surface area contributed by atoms with Crippen LogP contribution in [0.2, 0.25) is 0 Å². The zero-order valence-corrected chi connectivity index (χ0v) is 14.2. The Morgan fingerprint density at radius 3 is 2.50 bits per heavy atom. The minimum atomic E-state index is 0.478. The van der Waals surface area contributed by atoms with Crippen molar-refractivity contribution in [2.75, 3.05) is 26.2 Å². The van der Waals surface area contributed by atoms with Gasteiger partial charge in [-0.1, -0.05) is 32.3 Å². The van der Waals surface area contributed by atoms with Crippen molar-refractivity contribution in [3.8, 4) is 0 Å². The summed E-state index contributed by atoms with van der Waals surface area (Å²) >= 11 is 0. The number of piperidine rings is 1. The molecule has 0 amide bonds. The average Bonchev–Trinajstić information content (AvgIpc) is 2.56. The topological polar surface area (TPSA) is 41.7 Å². The normalized spacial score (nSPS) is 21.6. The van der Waals surface area contributed by atoms with Crippen molar-refractivity contribution in [3.05, 3.63) is 24.1 Å². The molecule has 1 aliphatic heterocycles. The summed E-state index contributed by atoms with van der Waals surface area (Å²) in [5.74, 6) is 6.97. The Hall–Kier alpha value is -1.00. The van der Waals surface area contributed by atoms with Crippen molar-refractivity contribution in [1.29, 1.82) is 0 Å². The van der Waals surface area contributed by atoms with E-state index in [-0.39, 0.29) is 0 Å².